The summed E-state index contributed by atoms with van der Waals surface area (Å²) in [7, 11) is 0. The van der Waals surface area contributed by atoms with E-state index >= 15 is 0 Å². The van der Waals surface area contributed by atoms with E-state index < -0.39 is 0 Å². The van der Waals surface area contributed by atoms with E-state index in [9.17, 15) is 0 Å². The number of hydrogen-bond acceptors (Lipinski definition) is 0. The molecule has 0 saturated carbocycles. The molecule has 0 radical (unpaired) electrons. The molecule has 14 heavy (non-hydrogen) atoms. The van der Waals surface area contributed by atoms with E-state index in [0.717, 1.165) is 6.54 Å². The van der Waals surface area contributed by atoms with E-state index in [0.29, 0.717) is 0 Å². The Balaban J connectivity index is 0. The normalized spacial score (nSPS) is 8.29. The highest BCUT2D eigenvalue weighted by atomic mass is 15.0. The number of hydrogen-bond donors (Lipinski definition) is 0. The maximum absolute atomic E-state index is 2.33. The van der Waals surface area contributed by atoms with Crippen molar-refractivity contribution < 1.29 is 0 Å². The zero-order chi connectivity index (χ0) is 11.7. The van der Waals surface area contributed by atoms with Crippen LogP contribution >= 0.6 is 0 Å². The van der Waals surface area contributed by atoms with Gasteiger partial charge < -0.3 is 4.57 Å². The highest BCUT2D eigenvalue weighted by molar-refractivity contribution is 5.24. The van der Waals surface area contributed by atoms with Gasteiger partial charge in [-0.1, -0.05) is 27.7 Å². The molecular formula is C13H27N. The zero-order valence-electron chi connectivity index (χ0n) is 11.2. The van der Waals surface area contributed by atoms with Gasteiger partial charge in [-0.15, -0.1) is 0 Å². The summed E-state index contributed by atoms with van der Waals surface area (Å²) in [6.07, 6.45) is 0. The molecule has 0 spiro atoms. The molecule has 1 heteroatoms. The molecule has 0 fully saturated rings. The van der Waals surface area contributed by atoms with Crippen molar-refractivity contribution in [1.82, 2.24) is 4.57 Å². The van der Waals surface area contributed by atoms with Gasteiger partial charge in [-0.2, -0.15) is 0 Å². The summed E-state index contributed by atoms with van der Waals surface area (Å²) in [6.45, 7) is 17.8. The van der Waals surface area contributed by atoms with E-state index in [-0.39, 0.29) is 0 Å². The Kier molecular flexibility index (Phi) is 9.96. The van der Waals surface area contributed by atoms with Crippen LogP contribution in [0.4, 0.5) is 0 Å². The van der Waals surface area contributed by atoms with Crippen LogP contribution < -0.4 is 0 Å². The van der Waals surface area contributed by atoms with Crippen LogP contribution in [0.15, 0.2) is 6.07 Å². The van der Waals surface area contributed by atoms with Crippen molar-refractivity contribution in [2.45, 2.75) is 61.9 Å². The van der Waals surface area contributed by atoms with Gasteiger partial charge in [-0.05, 0) is 39.3 Å². The van der Waals surface area contributed by atoms with Crippen molar-refractivity contribution >= 4 is 0 Å². The van der Waals surface area contributed by atoms with E-state index in [1.54, 1.807) is 0 Å². The first-order valence-electron chi connectivity index (χ1n) is 5.80. The van der Waals surface area contributed by atoms with Crippen molar-refractivity contribution in [3.63, 3.8) is 0 Å². The lowest BCUT2D eigenvalue weighted by atomic mass is 10.3. The molecule has 0 aliphatic rings. The molecule has 0 aliphatic heterocycles. The van der Waals surface area contributed by atoms with Crippen molar-refractivity contribution in [3.8, 4) is 0 Å². The van der Waals surface area contributed by atoms with Crippen LogP contribution in [0.3, 0.4) is 0 Å². The topological polar surface area (TPSA) is 4.93 Å². The minimum Gasteiger partial charge on any atom is -0.349 e. The van der Waals surface area contributed by atoms with Crippen molar-refractivity contribution in [3.05, 3.63) is 23.0 Å². The Labute approximate surface area is 90.1 Å². The second-order valence-corrected chi connectivity index (χ2v) is 2.80. The maximum atomic E-state index is 2.33. The number of aromatic nitrogens is 1. The zero-order valence-corrected chi connectivity index (χ0v) is 11.2. The predicted molar refractivity (Wildman–Crippen MR) is 67.0 cm³/mol. The molecule has 1 nitrogen and oxygen atoms in total. The van der Waals surface area contributed by atoms with Crippen molar-refractivity contribution in [2.75, 3.05) is 0 Å². The Bertz CT molecular complexity index is 234. The second-order valence-electron chi connectivity index (χ2n) is 2.80. The third-order valence-electron chi connectivity index (χ3n) is 2.14. The van der Waals surface area contributed by atoms with Crippen LogP contribution in [-0.4, -0.2) is 4.57 Å². The van der Waals surface area contributed by atoms with Gasteiger partial charge in [0.25, 0.3) is 0 Å². The highest BCUT2D eigenvalue weighted by Gasteiger charge is 2.01. The lowest BCUT2D eigenvalue weighted by molar-refractivity contribution is 0.717. The van der Waals surface area contributed by atoms with E-state index in [1.807, 2.05) is 27.7 Å². The fourth-order valence-corrected chi connectivity index (χ4v) is 1.46. The third kappa shape index (κ3) is 3.99. The van der Waals surface area contributed by atoms with Gasteiger partial charge >= 0.3 is 0 Å². The van der Waals surface area contributed by atoms with Crippen LogP contribution in [-0.2, 0) is 6.54 Å². The van der Waals surface area contributed by atoms with Crippen LogP contribution in [0.25, 0.3) is 0 Å². The first-order chi connectivity index (χ1) is 6.66. The number of rotatable bonds is 1. The van der Waals surface area contributed by atoms with Crippen molar-refractivity contribution in [2.24, 2.45) is 0 Å². The first kappa shape index (κ1) is 15.7. The molecule has 0 atom stereocenters. The molecular weight excluding hydrogens is 170 g/mol. The summed E-state index contributed by atoms with van der Waals surface area (Å²) >= 11 is 0. The van der Waals surface area contributed by atoms with Gasteiger partial charge in [0.1, 0.15) is 0 Å². The minimum absolute atomic E-state index is 1.09. The Morgan fingerprint density at radius 1 is 1.00 bits per heavy atom. The summed E-state index contributed by atoms with van der Waals surface area (Å²) in [5.74, 6) is 0. The van der Waals surface area contributed by atoms with E-state index in [2.05, 4.69) is 38.3 Å². The van der Waals surface area contributed by atoms with Gasteiger partial charge in [-0.3, -0.25) is 0 Å². The molecule has 1 rings (SSSR count). The number of aryl methyl sites for hydroxylation is 2. The average molecular weight is 197 g/mol. The summed E-state index contributed by atoms with van der Waals surface area (Å²) < 4.78 is 2.33. The maximum Gasteiger partial charge on any atom is 0.0196 e. The summed E-state index contributed by atoms with van der Waals surface area (Å²) in [5, 5.41) is 0. The summed E-state index contributed by atoms with van der Waals surface area (Å²) in [6, 6.07) is 2.23. The summed E-state index contributed by atoms with van der Waals surface area (Å²) in [4.78, 5) is 0. The molecule has 1 heterocycles. The van der Waals surface area contributed by atoms with E-state index in [1.165, 1.54) is 17.0 Å². The fourth-order valence-electron chi connectivity index (χ4n) is 1.46. The molecule has 1 aromatic rings. The fraction of sp³-hybridized carbons (Fsp3) is 0.692. The quantitative estimate of drug-likeness (QED) is 0.625. The molecule has 0 unspecified atom stereocenters. The van der Waals surface area contributed by atoms with Crippen LogP contribution in [0.5, 0.6) is 0 Å². The van der Waals surface area contributed by atoms with Gasteiger partial charge in [0.2, 0.25) is 0 Å². The molecule has 0 bridgehead atoms. The largest absolute Gasteiger partial charge is 0.349 e. The van der Waals surface area contributed by atoms with Crippen LogP contribution in [0, 0.1) is 20.8 Å². The van der Waals surface area contributed by atoms with Crippen LogP contribution in [0.1, 0.15) is 51.6 Å². The molecule has 0 saturated heterocycles. The first-order valence-corrected chi connectivity index (χ1v) is 5.80. The Morgan fingerprint density at radius 2 is 1.43 bits per heavy atom. The predicted octanol–water partition coefficient (Wildman–Crippen LogP) is 4.49. The molecule has 0 aliphatic carbocycles. The molecule has 0 aromatic carbocycles. The standard InChI is InChI=1S/C9H15N.2C2H6/c1-5-10-8(3)6-7(2)9(10)4;2*1-2/h6H,5H2,1-4H3;2*1-2H3. The highest BCUT2D eigenvalue weighted by Crippen LogP contribution is 2.12. The van der Waals surface area contributed by atoms with Gasteiger partial charge in [0.15, 0.2) is 0 Å². The second kappa shape index (κ2) is 8.86. The number of nitrogens with zero attached hydrogens (tertiary/aromatic N) is 1. The summed E-state index contributed by atoms with van der Waals surface area (Å²) in [5.41, 5.74) is 4.18. The van der Waals surface area contributed by atoms with Crippen molar-refractivity contribution in [1.29, 1.82) is 0 Å². The van der Waals surface area contributed by atoms with Crippen LogP contribution in [0.2, 0.25) is 0 Å². The lowest BCUT2D eigenvalue weighted by Crippen LogP contribution is -1.98. The Hall–Kier alpha value is -0.720. The molecule has 0 N–H and O–H groups in total. The minimum atomic E-state index is 1.09. The van der Waals surface area contributed by atoms with E-state index in [4.69, 9.17) is 0 Å². The monoisotopic (exact) mass is 197 g/mol. The van der Waals surface area contributed by atoms with Gasteiger partial charge in [-0.25, -0.2) is 0 Å². The van der Waals surface area contributed by atoms with Gasteiger partial charge in [0.05, 0.1) is 0 Å². The molecule has 84 valence electrons. The average Bonchev–Trinajstić information content (AvgIpc) is 2.47. The SMILES string of the molecule is CC.CC.CCn1c(C)cc(C)c1C. The smallest absolute Gasteiger partial charge is 0.0196 e. The molecule has 1 aromatic heterocycles. The molecule has 0 amide bonds. The Morgan fingerprint density at radius 3 is 1.57 bits per heavy atom. The third-order valence-corrected chi connectivity index (χ3v) is 2.14. The van der Waals surface area contributed by atoms with Gasteiger partial charge in [0, 0.05) is 17.9 Å². The lowest BCUT2D eigenvalue weighted by Gasteiger charge is -2.03.